The second-order valence-electron chi connectivity index (χ2n) is 5.33. The van der Waals surface area contributed by atoms with Crippen molar-refractivity contribution in [3.8, 4) is 0 Å². The summed E-state index contributed by atoms with van der Waals surface area (Å²) >= 11 is 0. The van der Waals surface area contributed by atoms with Crippen molar-refractivity contribution in [2.24, 2.45) is 5.92 Å². The smallest absolute Gasteiger partial charge is 0.127 e. The van der Waals surface area contributed by atoms with E-state index in [1.807, 2.05) is 12.1 Å². The summed E-state index contributed by atoms with van der Waals surface area (Å²) in [6, 6.07) is 7.23. The Bertz CT molecular complexity index is 375. The molecule has 1 aliphatic heterocycles. The van der Waals surface area contributed by atoms with E-state index in [2.05, 4.69) is 24.2 Å². The quantitative estimate of drug-likeness (QED) is 0.884. The van der Waals surface area contributed by atoms with Crippen molar-refractivity contribution in [1.82, 2.24) is 10.2 Å². The lowest BCUT2D eigenvalue weighted by atomic mass is 9.96. The highest BCUT2D eigenvalue weighted by Gasteiger charge is 2.20. The van der Waals surface area contributed by atoms with E-state index in [1.54, 1.807) is 12.1 Å². The van der Waals surface area contributed by atoms with E-state index in [9.17, 15) is 4.39 Å². The molecule has 1 atom stereocenters. The van der Waals surface area contributed by atoms with Crippen LogP contribution in [0.1, 0.15) is 31.4 Å². The zero-order valence-corrected chi connectivity index (χ0v) is 11.3. The van der Waals surface area contributed by atoms with Gasteiger partial charge in [-0.15, -0.1) is 0 Å². The Morgan fingerprint density at radius 1 is 1.33 bits per heavy atom. The highest BCUT2D eigenvalue weighted by molar-refractivity contribution is 5.20. The zero-order valence-electron chi connectivity index (χ0n) is 11.3. The molecule has 0 spiro atoms. The molecule has 0 saturated carbocycles. The monoisotopic (exact) mass is 250 g/mol. The molecule has 1 aromatic carbocycles. The Balaban J connectivity index is 1.95. The Morgan fingerprint density at radius 3 is 2.67 bits per heavy atom. The van der Waals surface area contributed by atoms with Crippen LogP contribution >= 0.6 is 0 Å². The molecular weight excluding hydrogens is 227 g/mol. The lowest BCUT2D eigenvalue weighted by Gasteiger charge is -2.31. The lowest BCUT2D eigenvalue weighted by Crippen LogP contribution is -2.35. The molecule has 0 amide bonds. The molecule has 2 rings (SSSR count). The van der Waals surface area contributed by atoms with Crippen LogP contribution in [0.15, 0.2) is 24.3 Å². The fourth-order valence-electron chi connectivity index (χ4n) is 2.68. The predicted octanol–water partition coefficient (Wildman–Crippen LogP) is 2.82. The van der Waals surface area contributed by atoms with Gasteiger partial charge in [-0.25, -0.2) is 4.39 Å². The minimum absolute atomic E-state index is 0.0952. The van der Waals surface area contributed by atoms with E-state index < -0.39 is 0 Å². The van der Waals surface area contributed by atoms with Crippen molar-refractivity contribution in [2.45, 2.75) is 25.8 Å². The second-order valence-corrected chi connectivity index (χ2v) is 5.33. The van der Waals surface area contributed by atoms with Crippen LogP contribution in [0.4, 0.5) is 4.39 Å². The van der Waals surface area contributed by atoms with Crippen LogP contribution in [0.3, 0.4) is 0 Å². The minimum Gasteiger partial charge on any atom is -0.317 e. The molecule has 18 heavy (non-hydrogen) atoms. The van der Waals surface area contributed by atoms with Crippen molar-refractivity contribution in [3.05, 3.63) is 35.6 Å². The highest BCUT2D eigenvalue weighted by Crippen LogP contribution is 2.24. The number of benzene rings is 1. The van der Waals surface area contributed by atoms with Crippen LogP contribution in [0.25, 0.3) is 0 Å². The van der Waals surface area contributed by atoms with Gasteiger partial charge in [-0.1, -0.05) is 18.2 Å². The van der Waals surface area contributed by atoms with Gasteiger partial charge in [0.1, 0.15) is 5.82 Å². The Labute approximate surface area is 109 Å². The number of rotatable bonds is 4. The number of halogens is 1. The van der Waals surface area contributed by atoms with Crippen molar-refractivity contribution in [2.75, 3.05) is 26.7 Å². The summed E-state index contributed by atoms with van der Waals surface area (Å²) in [7, 11) is 2.10. The molecule has 1 fully saturated rings. The van der Waals surface area contributed by atoms with E-state index in [0.29, 0.717) is 0 Å². The number of hydrogen-bond acceptors (Lipinski definition) is 2. The van der Waals surface area contributed by atoms with Gasteiger partial charge >= 0.3 is 0 Å². The Hall–Kier alpha value is -0.930. The van der Waals surface area contributed by atoms with Gasteiger partial charge in [0.15, 0.2) is 0 Å². The van der Waals surface area contributed by atoms with Crippen LogP contribution in [0, 0.1) is 11.7 Å². The Morgan fingerprint density at radius 2 is 2.00 bits per heavy atom. The van der Waals surface area contributed by atoms with Crippen LogP contribution in [0.2, 0.25) is 0 Å². The first-order chi connectivity index (χ1) is 8.68. The molecule has 0 radical (unpaired) electrons. The topological polar surface area (TPSA) is 15.3 Å². The van der Waals surface area contributed by atoms with Crippen LogP contribution in [-0.4, -0.2) is 31.6 Å². The largest absolute Gasteiger partial charge is 0.317 e. The van der Waals surface area contributed by atoms with Gasteiger partial charge in [-0.2, -0.15) is 0 Å². The van der Waals surface area contributed by atoms with Crippen LogP contribution in [-0.2, 0) is 0 Å². The van der Waals surface area contributed by atoms with E-state index in [1.165, 1.54) is 12.8 Å². The molecule has 1 N–H and O–H groups in total. The summed E-state index contributed by atoms with van der Waals surface area (Å²) < 4.78 is 13.7. The molecule has 1 aromatic rings. The van der Waals surface area contributed by atoms with Crippen molar-refractivity contribution < 1.29 is 4.39 Å². The van der Waals surface area contributed by atoms with E-state index in [-0.39, 0.29) is 11.9 Å². The highest BCUT2D eigenvalue weighted by atomic mass is 19.1. The molecular formula is C15H23FN2. The average Bonchev–Trinajstić information content (AvgIpc) is 2.39. The standard InChI is InChI=1S/C15H23FN2/c1-12(14-5-3-4-6-15(14)16)18(2)11-13-7-9-17-10-8-13/h3-6,12-13,17H,7-11H2,1-2H3. The maximum absolute atomic E-state index is 13.7. The number of nitrogens with zero attached hydrogens (tertiary/aromatic N) is 1. The molecule has 1 unspecified atom stereocenters. The van der Waals surface area contributed by atoms with Crippen LogP contribution < -0.4 is 5.32 Å². The second kappa shape index (κ2) is 6.30. The van der Waals surface area contributed by atoms with Crippen molar-refractivity contribution >= 4 is 0 Å². The van der Waals surface area contributed by atoms with Crippen molar-refractivity contribution in [3.63, 3.8) is 0 Å². The summed E-state index contributed by atoms with van der Waals surface area (Å²) in [6.45, 7) is 5.37. The fourth-order valence-corrected chi connectivity index (χ4v) is 2.68. The summed E-state index contributed by atoms with van der Waals surface area (Å²) in [5.74, 6) is 0.646. The van der Waals surface area contributed by atoms with Gasteiger partial charge in [0.25, 0.3) is 0 Å². The maximum Gasteiger partial charge on any atom is 0.127 e. The number of piperidine rings is 1. The first-order valence-electron chi connectivity index (χ1n) is 6.84. The van der Waals surface area contributed by atoms with Gasteiger partial charge < -0.3 is 5.32 Å². The molecule has 1 aliphatic rings. The molecule has 0 aromatic heterocycles. The molecule has 0 bridgehead atoms. The average molecular weight is 250 g/mol. The van der Waals surface area contributed by atoms with Gasteiger partial charge in [0, 0.05) is 18.2 Å². The van der Waals surface area contributed by atoms with Gasteiger partial charge in [-0.3, -0.25) is 4.90 Å². The summed E-state index contributed by atoms with van der Waals surface area (Å²) in [4.78, 5) is 2.27. The normalized spacial score (nSPS) is 19.1. The third-order valence-corrected chi connectivity index (χ3v) is 4.02. The molecule has 1 saturated heterocycles. The molecule has 1 heterocycles. The molecule has 100 valence electrons. The van der Waals surface area contributed by atoms with Crippen molar-refractivity contribution in [1.29, 1.82) is 0 Å². The minimum atomic E-state index is -0.0952. The van der Waals surface area contributed by atoms with Crippen LogP contribution in [0.5, 0.6) is 0 Å². The summed E-state index contributed by atoms with van der Waals surface area (Å²) in [6.07, 6.45) is 2.46. The first-order valence-corrected chi connectivity index (χ1v) is 6.84. The molecule has 3 heteroatoms. The predicted molar refractivity (Wildman–Crippen MR) is 73.0 cm³/mol. The van der Waals surface area contributed by atoms with Gasteiger partial charge in [-0.05, 0) is 51.9 Å². The number of nitrogens with one attached hydrogen (secondary N) is 1. The number of hydrogen-bond donors (Lipinski definition) is 1. The third kappa shape index (κ3) is 3.30. The van der Waals surface area contributed by atoms with E-state index in [4.69, 9.17) is 0 Å². The molecule has 0 aliphatic carbocycles. The Kier molecular flexibility index (Phi) is 4.72. The van der Waals surface area contributed by atoms with E-state index >= 15 is 0 Å². The maximum atomic E-state index is 13.7. The SMILES string of the molecule is CC(c1ccccc1F)N(C)CC1CCNCC1. The zero-order chi connectivity index (χ0) is 13.0. The summed E-state index contributed by atoms with van der Waals surface area (Å²) in [5, 5.41) is 3.38. The fraction of sp³-hybridized carbons (Fsp3) is 0.600. The van der Waals surface area contributed by atoms with Gasteiger partial charge in [0.2, 0.25) is 0 Å². The molecule has 2 nitrogen and oxygen atoms in total. The first kappa shape index (κ1) is 13.5. The van der Waals surface area contributed by atoms with E-state index in [0.717, 1.165) is 31.1 Å². The third-order valence-electron chi connectivity index (χ3n) is 4.02. The van der Waals surface area contributed by atoms with Gasteiger partial charge in [0.05, 0.1) is 0 Å². The summed E-state index contributed by atoms with van der Waals surface area (Å²) in [5.41, 5.74) is 0.800. The lowest BCUT2D eigenvalue weighted by molar-refractivity contribution is 0.194.